The number of benzene rings is 2. The second kappa shape index (κ2) is 7.95. The molecule has 0 aliphatic heterocycles. The number of carbonyl (C=O) groups excluding carboxylic acids is 1. The zero-order chi connectivity index (χ0) is 19.4. The molecule has 0 bridgehead atoms. The van der Waals surface area contributed by atoms with Gasteiger partial charge in [-0.3, -0.25) is 9.59 Å². The lowest BCUT2D eigenvalue weighted by Crippen LogP contribution is -2.24. The van der Waals surface area contributed by atoms with Crippen LogP contribution in [0, 0.1) is 6.92 Å². The van der Waals surface area contributed by atoms with Crippen LogP contribution >= 0.6 is 0 Å². The molecule has 6 nitrogen and oxygen atoms in total. The van der Waals surface area contributed by atoms with Crippen LogP contribution in [-0.2, 0) is 17.8 Å². The Labute approximate surface area is 157 Å². The summed E-state index contributed by atoms with van der Waals surface area (Å²) in [7, 11) is 3.16. The molecule has 1 heterocycles. The molecule has 1 aromatic heterocycles. The van der Waals surface area contributed by atoms with Crippen LogP contribution in [0.15, 0.2) is 47.3 Å². The largest absolute Gasteiger partial charge is 0.493 e. The van der Waals surface area contributed by atoms with Crippen molar-refractivity contribution in [1.82, 2.24) is 10.3 Å². The highest BCUT2D eigenvalue weighted by Crippen LogP contribution is 2.27. The Morgan fingerprint density at radius 3 is 2.48 bits per heavy atom. The number of aromatic nitrogens is 1. The molecule has 0 spiro atoms. The summed E-state index contributed by atoms with van der Waals surface area (Å²) >= 11 is 0. The Hall–Kier alpha value is -3.28. The number of hydrogen-bond acceptors (Lipinski definition) is 4. The Morgan fingerprint density at radius 1 is 1.00 bits per heavy atom. The van der Waals surface area contributed by atoms with Crippen LogP contribution in [0.5, 0.6) is 11.5 Å². The molecule has 0 saturated carbocycles. The average Bonchev–Trinajstić information content (AvgIpc) is 2.67. The summed E-state index contributed by atoms with van der Waals surface area (Å²) in [5, 5.41) is 3.83. The van der Waals surface area contributed by atoms with Gasteiger partial charge in [-0.2, -0.15) is 0 Å². The van der Waals surface area contributed by atoms with Crippen LogP contribution in [0.4, 0.5) is 0 Å². The third-order valence-corrected chi connectivity index (χ3v) is 4.40. The maximum atomic E-state index is 12.3. The van der Waals surface area contributed by atoms with Crippen LogP contribution < -0.4 is 20.3 Å². The number of carbonyl (C=O) groups is 1. The van der Waals surface area contributed by atoms with E-state index < -0.39 is 0 Å². The third kappa shape index (κ3) is 4.28. The van der Waals surface area contributed by atoms with E-state index in [0.717, 1.165) is 22.0 Å². The molecule has 0 atom stereocenters. The first-order valence-electron chi connectivity index (χ1n) is 8.60. The van der Waals surface area contributed by atoms with Gasteiger partial charge in [0.15, 0.2) is 11.5 Å². The number of aromatic amines is 1. The molecule has 1 amide bonds. The fraction of sp³-hybridized carbons (Fsp3) is 0.238. The van der Waals surface area contributed by atoms with Crippen molar-refractivity contribution in [1.29, 1.82) is 0 Å². The minimum atomic E-state index is -0.0945. The second-order valence-corrected chi connectivity index (χ2v) is 6.35. The molecule has 0 radical (unpaired) electrons. The SMILES string of the molecule is COc1ccc(CNC(=O)Cc2ccc3[nH]c(=O)c(C)cc3c2)cc1OC. The van der Waals surface area contributed by atoms with Crippen molar-refractivity contribution < 1.29 is 14.3 Å². The molecule has 6 heteroatoms. The smallest absolute Gasteiger partial charge is 0.251 e. The molecule has 27 heavy (non-hydrogen) atoms. The van der Waals surface area contributed by atoms with Gasteiger partial charge in [0, 0.05) is 17.6 Å². The highest BCUT2D eigenvalue weighted by atomic mass is 16.5. The summed E-state index contributed by atoms with van der Waals surface area (Å²) < 4.78 is 10.5. The van der Waals surface area contributed by atoms with Crippen molar-refractivity contribution in [3.8, 4) is 11.5 Å². The normalized spacial score (nSPS) is 10.6. The summed E-state index contributed by atoms with van der Waals surface area (Å²) in [6.07, 6.45) is 0.265. The van der Waals surface area contributed by atoms with E-state index in [0.29, 0.717) is 23.6 Å². The van der Waals surface area contributed by atoms with Gasteiger partial charge in [0.1, 0.15) is 0 Å². The molecular weight excluding hydrogens is 344 g/mol. The lowest BCUT2D eigenvalue weighted by atomic mass is 10.1. The van der Waals surface area contributed by atoms with E-state index in [9.17, 15) is 9.59 Å². The Kier molecular flexibility index (Phi) is 5.45. The van der Waals surface area contributed by atoms with Crippen molar-refractivity contribution in [2.75, 3.05) is 14.2 Å². The van der Waals surface area contributed by atoms with Gasteiger partial charge in [-0.25, -0.2) is 0 Å². The number of amides is 1. The topological polar surface area (TPSA) is 80.4 Å². The summed E-state index contributed by atoms with van der Waals surface area (Å²) in [5.74, 6) is 1.20. The summed E-state index contributed by atoms with van der Waals surface area (Å²) in [6.45, 7) is 2.17. The quantitative estimate of drug-likeness (QED) is 0.703. The second-order valence-electron chi connectivity index (χ2n) is 6.35. The van der Waals surface area contributed by atoms with Crippen LogP contribution in [0.25, 0.3) is 10.9 Å². The lowest BCUT2D eigenvalue weighted by molar-refractivity contribution is -0.120. The number of H-pyrrole nitrogens is 1. The van der Waals surface area contributed by atoms with E-state index in [-0.39, 0.29) is 17.9 Å². The van der Waals surface area contributed by atoms with Gasteiger partial charge in [-0.15, -0.1) is 0 Å². The highest BCUT2D eigenvalue weighted by molar-refractivity contribution is 5.83. The van der Waals surface area contributed by atoms with Gasteiger partial charge in [-0.1, -0.05) is 12.1 Å². The number of rotatable bonds is 6. The molecule has 0 aliphatic rings. The van der Waals surface area contributed by atoms with E-state index in [4.69, 9.17) is 9.47 Å². The molecule has 3 rings (SSSR count). The molecule has 140 valence electrons. The number of ether oxygens (including phenoxy) is 2. The van der Waals surface area contributed by atoms with Gasteiger partial charge in [0.2, 0.25) is 5.91 Å². The van der Waals surface area contributed by atoms with Gasteiger partial charge in [-0.05, 0) is 53.8 Å². The molecule has 2 N–H and O–H groups in total. The summed E-state index contributed by atoms with van der Waals surface area (Å²) in [6, 6.07) is 13.0. The standard InChI is InChI=1S/C21H22N2O4/c1-13-8-16-9-14(4-6-17(16)23-21(13)25)11-20(24)22-12-15-5-7-18(26-2)19(10-15)27-3/h4-10H,11-12H2,1-3H3,(H,22,24)(H,23,25). The van der Waals surface area contributed by atoms with E-state index in [1.807, 2.05) is 42.5 Å². The molecule has 0 saturated heterocycles. The number of nitrogens with one attached hydrogen (secondary N) is 2. The average molecular weight is 366 g/mol. The molecule has 2 aromatic carbocycles. The zero-order valence-corrected chi connectivity index (χ0v) is 15.6. The first-order chi connectivity index (χ1) is 13.0. The minimum Gasteiger partial charge on any atom is -0.493 e. The van der Waals surface area contributed by atoms with Crippen molar-refractivity contribution in [3.05, 3.63) is 69.5 Å². The molecule has 0 aliphatic carbocycles. The van der Waals surface area contributed by atoms with Crippen LogP contribution in [0.3, 0.4) is 0 Å². The zero-order valence-electron chi connectivity index (χ0n) is 15.6. The molecule has 0 fully saturated rings. The van der Waals surface area contributed by atoms with Crippen LogP contribution in [0.2, 0.25) is 0 Å². The lowest BCUT2D eigenvalue weighted by Gasteiger charge is -2.10. The van der Waals surface area contributed by atoms with Crippen LogP contribution in [-0.4, -0.2) is 25.1 Å². The third-order valence-electron chi connectivity index (χ3n) is 4.40. The van der Waals surface area contributed by atoms with Crippen molar-refractivity contribution in [3.63, 3.8) is 0 Å². The number of methoxy groups -OCH3 is 2. The highest BCUT2D eigenvalue weighted by Gasteiger charge is 2.08. The van der Waals surface area contributed by atoms with Gasteiger partial charge in [0.05, 0.1) is 20.6 Å². The maximum Gasteiger partial charge on any atom is 0.251 e. The first kappa shape index (κ1) is 18.5. The summed E-state index contributed by atoms with van der Waals surface area (Å²) in [5.41, 5.74) is 3.13. The predicted octanol–water partition coefficient (Wildman–Crippen LogP) is 2.71. The van der Waals surface area contributed by atoms with E-state index in [1.54, 1.807) is 21.1 Å². The first-order valence-corrected chi connectivity index (χ1v) is 8.60. The van der Waals surface area contributed by atoms with Crippen molar-refractivity contribution in [2.24, 2.45) is 0 Å². The molecular formula is C21H22N2O4. The summed E-state index contributed by atoms with van der Waals surface area (Å²) in [4.78, 5) is 26.8. The fourth-order valence-electron chi connectivity index (χ4n) is 2.91. The Balaban J connectivity index is 1.66. The van der Waals surface area contributed by atoms with Crippen LogP contribution in [0.1, 0.15) is 16.7 Å². The minimum absolute atomic E-state index is 0.0784. The number of pyridine rings is 1. The van der Waals surface area contributed by atoms with Gasteiger partial charge < -0.3 is 19.8 Å². The molecule has 0 unspecified atom stereocenters. The van der Waals surface area contributed by atoms with E-state index >= 15 is 0 Å². The van der Waals surface area contributed by atoms with E-state index in [2.05, 4.69) is 10.3 Å². The van der Waals surface area contributed by atoms with Crippen molar-refractivity contribution >= 4 is 16.8 Å². The fourth-order valence-corrected chi connectivity index (χ4v) is 2.91. The van der Waals surface area contributed by atoms with Crippen molar-refractivity contribution in [2.45, 2.75) is 19.9 Å². The Bertz CT molecular complexity index is 1040. The predicted molar refractivity (Wildman–Crippen MR) is 104 cm³/mol. The molecule has 3 aromatic rings. The monoisotopic (exact) mass is 366 g/mol. The number of hydrogen-bond donors (Lipinski definition) is 2. The van der Waals surface area contributed by atoms with E-state index in [1.165, 1.54) is 0 Å². The van der Waals surface area contributed by atoms with Gasteiger partial charge >= 0.3 is 0 Å². The maximum absolute atomic E-state index is 12.3. The number of fused-ring (bicyclic) bond motifs is 1. The Morgan fingerprint density at radius 2 is 1.74 bits per heavy atom. The van der Waals surface area contributed by atoms with Gasteiger partial charge in [0.25, 0.3) is 5.56 Å². The number of aryl methyl sites for hydroxylation is 1.